The molecule has 224 valence electrons. The van der Waals surface area contributed by atoms with Crippen molar-refractivity contribution in [3.63, 3.8) is 0 Å². The molecule has 0 atom stereocenters. The number of rotatable bonds is 9. The summed E-state index contributed by atoms with van der Waals surface area (Å²) in [5, 5.41) is 11.6. The molecule has 1 heterocycles. The minimum absolute atomic E-state index is 0.0928. The van der Waals surface area contributed by atoms with E-state index in [2.05, 4.69) is 21.9 Å². The summed E-state index contributed by atoms with van der Waals surface area (Å²) in [5.74, 6) is -0.849. The maximum Gasteiger partial charge on any atom is 0.490 e. The smallest absolute Gasteiger partial charge is 0.475 e. The standard InChI is InChI=1S/C25H32FN5O2S.C2HF3O2/c1-3-31(2)24-22-6-4-5-7-23(22)29-25(30-24)27-16-18-8-10-19(11-9-18)17-28-34(32,33)21-14-12-20(26)13-15-21;3-2(4,5)1(6)7/h4-7,12-15,18-19,28H,3,8-11,16-17H2,1-2H3,(H,27,29,30);(H,6,7). The molecule has 0 aliphatic heterocycles. The molecule has 9 nitrogen and oxygen atoms in total. The Hall–Kier alpha value is -3.52. The molecule has 2 aromatic carbocycles. The van der Waals surface area contributed by atoms with E-state index in [-0.39, 0.29) is 4.90 Å². The number of sulfonamides is 1. The van der Waals surface area contributed by atoms with Crippen LogP contribution in [0.15, 0.2) is 53.4 Å². The van der Waals surface area contributed by atoms with Crippen LogP contribution in [-0.4, -0.2) is 62.3 Å². The molecule has 0 bridgehead atoms. The first-order chi connectivity index (χ1) is 19.3. The van der Waals surface area contributed by atoms with E-state index in [9.17, 15) is 26.0 Å². The van der Waals surface area contributed by atoms with Crippen LogP contribution in [-0.2, 0) is 14.8 Å². The molecule has 1 aliphatic carbocycles. The molecule has 0 saturated heterocycles. The lowest BCUT2D eigenvalue weighted by atomic mass is 9.82. The van der Waals surface area contributed by atoms with Crippen molar-refractivity contribution in [1.29, 1.82) is 0 Å². The quantitative estimate of drug-likeness (QED) is 0.292. The number of carboxylic acid groups (broad SMARTS) is 1. The number of hydrogen-bond acceptors (Lipinski definition) is 7. The maximum absolute atomic E-state index is 13.1. The third kappa shape index (κ3) is 9.25. The molecular weight excluding hydrogens is 566 g/mol. The Labute approximate surface area is 236 Å². The highest BCUT2D eigenvalue weighted by molar-refractivity contribution is 7.89. The highest BCUT2D eigenvalue weighted by atomic mass is 32.2. The molecule has 1 aliphatic rings. The van der Waals surface area contributed by atoms with E-state index in [1.165, 1.54) is 12.1 Å². The summed E-state index contributed by atoms with van der Waals surface area (Å²) in [4.78, 5) is 20.6. The number of benzene rings is 2. The van der Waals surface area contributed by atoms with Crippen molar-refractivity contribution in [2.24, 2.45) is 11.8 Å². The van der Waals surface area contributed by atoms with Gasteiger partial charge in [-0.25, -0.2) is 27.3 Å². The minimum atomic E-state index is -5.08. The lowest BCUT2D eigenvalue weighted by molar-refractivity contribution is -0.192. The van der Waals surface area contributed by atoms with E-state index in [1.807, 2.05) is 31.3 Å². The van der Waals surface area contributed by atoms with Crippen LogP contribution in [0.2, 0.25) is 0 Å². The maximum atomic E-state index is 13.1. The highest BCUT2D eigenvalue weighted by Gasteiger charge is 2.38. The van der Waals surface area contributed by atoms with Crippen molar-refractivity contribution in [1.82, 2.24) is 14.7 Å². The van der Waals surface area contributed by atoms with Crippen LogP contribution in [0.25, 0.3) is 10.9 Å². The summed E-state index contributed by atoms with van der Waals surface area (Å²) in [7, 11) is -1.59. The molecule has 14 heteroatoms. The van der Waals surface area contributed by atoms with Crippen LogP contribution in [0.5, 0.6) is 0 Å². The van der Waals surface area contributed by atoms with E-state index < -0.39 is 28.0 Å². The van der Waals surface area contributed by atoms with Crippen molar-refractivity contribution in [3.05, 3.63) is 54.3 Å². The Kier molecular flexibility index (Phi) is 10.8. The summed E-state index contributed by atoms with van der Waals surface area (Å²) >= 11 is 0. The van der Waals surface area contributed by atoms with Crippen LogP contribution in [0.4, 0.5) is 29.3 Å². The van der Waals surface area contributed by atoms with Gasteiger partial charge in [-0.15, -0.1) is 0 Å². The predicted octanol–water partition coefficient (Wildman–Crippen LogP) is 5.06. The second-order valence-corrected chi connectivity index (χ2v) is 11.5. The predicted molar refractivity (Wildman–Crippen MR) is 148 cm³/mol. The number of carboxylic acids is 1. The zero-order valence-corrected chi connectivity index (χ0v) is 23.5. The normalized spacial score (nSPS) is 17.4. The fraction of sp³-hybridized carbons (Fsp3) is 0.444. The number of carbonyl (C=O) groups is 1. The summed E-state index contributed by atoms with van der Waals surface area (Å²) in [6, 6.07) is 13.0. The number of fused-ring (bicyclic) bond motifs is 1. The van der Waals surface area contributed by atoms with Gasteiger partial charge < -0.3 is 15.3 Å². The number of hydrogen-bond donors (Lipinski definition) is 3. The second kappa shape index (κ2) is 13.9. The third-order valence-electron chi connectivity index (χ3n) is 6.86. The van der Waals surface area contributed by atoms with Gasteiger partial charge in [0.05, 0.1) is 10.4 Å². The van der Waals surface area contributed by atoms with Gasteiger partial charge in [0.15, 0.2) is 0 Å². The molecule has 4 rings (SSSR count). The van der Waals surface area contributed by atoms with E-state index in [1.54, 1.807) is 0 Å². The largest absolute Gasteiger partial charge is 0.490 e. The SMILES string of the molecule is CCN(C)c1nc(NCC2CCC(CNS(=O)(=O)c3ccc(F)cc3)CC2)nc2ccccc12.O=C(O)C(F)(F)F. The summed E-state index contributed by atoms with van der Waals surface area (Å²) < 4.78 is 72.4. The molecule has 1 aromatic heterocycles. The Morgan fingerprint density at radius 3 is 2.12 bits per heavy atom. The third-order valence-corrected chi connectivity index (χ3v) is 8.30. The Bertz CT molecular complexity index is 1410. The van der Waals surface area contributed by atoms with Gasteiger partial charge in [-0.3, -0.25) is 0 Å². The molecule has 3 N–H and O–H groups in total. The zero-order valence-electron chi connectivity index (χ0n) is 22.7. The van der Waals surface area contributed by atoms with Crippen LogP contribution in [0, 0.1) is 17.7 Å². The molecule has 0 amide bonds. The van der Waals surface area contributed by atoms with Gasteiger partial charge >= 0.3 is 12.1 Å². The summed E-state index contributed by atoms with van der Waals surface area (Å²) in [6.07, 6.45) is -1.13. The number of aromatic nitrogens is 2. The van der Waals surface area contributed by atoms with Crippen LogP contribution in [0.1, 0.15) is 32.6 Å². The Balaban J connectivity index is 0.000000587. The number of aliphatic carboxylic acids is 1. The number of halogens is 4. The summed E-state index contributed by atoms with van der Waals surface area (Å²) in [6.45, 7) is 4.15. The van der Waals surface area contributed by atoms with Gasteiger partial charge in [-0.1, -0.05) is 12.1 Å². The molecule has 0 unspecified atom stereocenters. The molecule has 1 fully saturated rings. The van der Waals surface area contributed by atoms with Crippen LogP contribution >= 0.6 is 0 Å². The average molecular weight is 600 g/mol. The van der Waals surface area contributed by atoms with Gasteiger partial charge in [0.1, 0.15) is 11.6 Å². The lowest BCUT2D eigenvalue weighted by Gasteiger charge is -2.29. The first kappa shape index (κ1) is 32.0. The highest BCUT2D eigenvalue weighted by Crippen LogP contribution is 2.30. The number of nitrogens with one attached hydrogen (secondary N) is 2. The van der Waals surface area contributed by atoms with Gasteiger partial charge in [0, 0.05) is 32.1 Å². The van der Waals surface area contributed by atoms with Gasteiger partial charge in [0.2, 0.25) is 16.0 Å². The molecule has 0 radical (unpaired) electrons. The molecule has 1 saturated carbocycles. The molecule has 0 spiro atoms. The number of para-hydroxylation sites is 1. The summed E-state index contributed by atoms with van der Waals surface area (Å²) in [5.41, 5.74) is 0.924. The van der Waals surface area contributed by atoms with Crippen LogP contribution in [0.3, 0.4) is 0 Å². The fourth-order valence-corrected chi connectivity index (χ4v) is 5.50. The van der Waals surface area contributed by atoms with E-state index in [0.717, 1.165) is 67.6 Å². The number of nitrogens with zero attached hydrogens (tertiary/aromatic N) is 3. The lowest BCUT2D eigenvalue weighted by Crippen LogP contribution is -2.32. The van der Waals surface area contributed by atoms with Crippen molar-refractivity contribution in [2.75, 3.05) is 36.9 Å². The number of alkyl halides is 3. The van der Waals surface area contributed by atoms with Gasteiger partial charge in [-0.2, -0.15) is 18.2 Å². The molecular formula is C27H33F4N5O4S. The van der Waals surface area contributed by atoms with Crippen molar-refractivity contribution < 1.29 is 35.9 Å². The monoisotopic (exact) mass is 599 g/mol. The first-order valence-corrected chi connectivity index (χ1v) is 14.6. The van der Waals surface area contributed by atoms with E-state index in [0.29, 0.717) is 24.3 Å². The first-order valence-electron chi connectivity index (χ1n) is 13.1. The Morgan fingerprint density at radius 1 is 1.00 bits per heavy atom. The van der Waals surface area contributed by atoms with E-state index in [4.69, 9.17) is 19.9 Å². The minimum Gasteiger partial charge on any atom is -0.475 e. The van der Waals surface area contributed by atoms with Crippen molar-refractivity contribution in [2.45, 2.75) is 43.7 Å². The fourth-order valence-electron chi connectivity index (χ4n) is 4.38. The van der Waals surface area contributed by atoms with Crippen molar-refractivity contribution in [3.8, 4) is 0 Å². The van der Waals surface area contributed by atoms with Crippen molar-refractivity contribution >= 4 is 38.7 Å². The zero-order chi connectivity index (χ0) is 30.2. The average Bonchev–Trinajstić information content (AvgIpc) is 2.94. The number of anilines is 2. The van der Waals surface area contributed by atoms with E-state index >= 15 is 0 Å². The topological polar surface area (TPSA) is 125 Å². The Morgan fingerprint density at radius 2 is 1.56 bits per heavy atom. The molecule has 41 heavy (non-hydrogen) atoms. The van der Waals surface area contributed by atoms with Crippen LogP contribution < -0.4 is 14.9 Å². The molecule has 3 aromatic rings. The van der Waals surface area contributed by atoms with Gasteiger partial charge in [0.25, 0.3) is 0 Å². The second-order valence-electron chi connectivity index (χ2n) is 9.78. The van der Waals surface area contributed by atoms with Gasteiger partial charge in [-0.05, 0) is 80.8 Å².